The van der Waals surface area contributed by atoms with E-state index in [9.17, 15) is 13.2 Å². The number of likely N-dealkylation sites (N-methyl/N-ethyl adjacent to an activating group) is 1. The molecule has 3 rings (SSSR count). The molecule has 1 aliphatic heterocycles. The highest BCUT2D eigenvalue weighted by atomic mass is 19.4. The van der Waals surface area contributed by atoms with E-state index < -0.39 is 11.7 Å². The van der Waals surface area contributed by atoms with Gasteiger partial charge in [0.25, 0.3) is 0 Å². The van der Waals surface area contributed by atoms with Crippen LogP contribution in [0.2, 0.25) is 0 Å². The fourth-order valence-electron chi connectivity index (χ4n) is 3.24. The largest absolute Gasteiger partial charge is 0.416 e. The van der Waals surface area contributed by atoms with Crippen LogP contribution >= 0.6 is 0 Å². The van der Waals surface area contributed by atoms with Crippen LogP contribution < -0.4 is 0 Å². The molecule has 1 heterocycles. The van der Waals surface area contributed by atoms with Crippen LogP contribution in [0.1, 0.15) is 24.5 Å². The van der Waals surface area contributed by atoms with Gasteiger partial charge in [-0.3, -0.25) is 4.90 Å². The first-order chi connectivity index (χ1) is 8.99. The van der Waals surface area contributed by atoms with Gasteiger partial charge in [-0.2, -0.15) is 13.2 Å². The summed E-state index contributed by atoms with van der Waals surface area (Å²) < 4.78 is 37.6. The number of alkyl halides is 3. The van der Waals surface area contributed by atoms with Crippen molar-refractivity contribution in [3.8, 4) is 0 Å². The third kappa shape index (κ3) is 2.18. The molecule has 0 amide bonds. The SMILES string of the molecule is CCN1CC2C=C(c3ccc(C(F)(F)F)cc3)C1C2. The van der Waals surface area contributed by atoms with Gasteiger partial charge in [-0.05, 0) is 42.2 Å². The van der Waals surface area contributed by atoms with E-state index in [1.165, 1.54) is 17.7 Å². The van der Waals surface area contributed by atoms with Crippen molar-refractivity contribution in [1.82, 2.24) is 4.90 Å². The Hall–Kier alpha value is -1.29. The number of fused-ring (bicyclic) bond motifs is 2. The lowest BCUT2D eigenvalue weighted by Crippen LogP contribution is -2.31. The van der Waals surface area contributed by atoms with Crippen LogP contribution in [0.5, 0.6) is 0 Å². The Labute approximate surface area is 110 Å². The summed E-state index contributed by atoms with van der Waals surface area (Å²) in [6, 6.07) is 5.95. The van der Waals surface area contributed by atoms with Gasteiger partial charge < -0.3 is 0 Å². The molecule has 19 heavy (non-hydrogen) atoms. The number of hydrogen-bond acceptors (Lipinski definition) is 1. The predicted octanol–water partition coefficient (Wildman–Crippen LogP) is 3.81. The predicted molar refractivity (Wildman–Crippen MR) is 68.6 cm³/mol. The van der Waals surface area contributed by atoms with Crippen molar-refractivity contribution in [3.63, 3.8) is 0 Å². The van der Waals surface area contributed by atoms with Gasteiger partial charge in [0.1, 0.15) is 0 Å². The normalized spacial score (nSPS) is 26.8. The van der Waals surface area contributed by atoms with E-state index in [0.29, 0.717) is 12.0 Å². The van der Waals surface area contributed by atoms with Gasteiger partial charge in [0.2, 0.25) is 0 Å². The highest BCUT2D eigenvalue weighted by Gasteiger charge is 2.38. The molecule has 0 spiro atoms. The monoisotopic (exact) mass is 267 g/mol. The molecule has 1 aromatic carbocycles. The molecule has 0 radical (unpaired) electrons. The Bertz CT molecular complexity index is 501. The second-order valence-electron chi connectivity index (χ2n) is 5.30. The molecule has 1 aromatic rings. The molecular formula is C15H16F3N. The van der Waals surface area contributed by atoms with Crippen molar-refractivity contribution in [2.24, 2.45) is 5.92 Å². The maximum absolute atomic E-state index is 12.5. The van der Waals surface area contributed by atoms with Crippen LogP contribution in [-0.4, -0.2) is 24.0 Å². The minimum Gasteiger partial charge on any atom is -0.296 e. The molecule has 0 N–H and O–H groups in total. The molecule has 0 aromatic heterocycles. The van der Waals surface area contributed by atoms with Crippen LogP contribution in [-0.2, 0) is 6.18 Å². The summed E-state index contributed by atoms with van der Waals surface area (Å²) in [7, 11) is 0. The van der Waals surface area contributed by atoms with E-state index in [1.54, 1.807) is 12.1 Å². The Kier molecular flexibility index (Phi) is 2.93. The lowest BCUT2D eigenvalue weighted by atomic mass is 9.99. The molecule has 102 valence electrons. The highest BCUT2D eigenvalue weighted by Crippen LogP contribution is 2.42. The van der Waals surface area contributed by atoms with Crippen molar-refractivity contribution in [3.05, 3.63) is 41.5 Å². The van der Waals surface area contributed by atoms with Crippen molar-refractivity contribution >= 4 is 5.57 Å². The smallest absolute Gasteiger partial charge is 0.296 e. The number of nitrogens with zero attached hydrogens (tertiary/aromatic N) is 1. The highest BCUT2D eigenvalue weighted by molar-refractivity contribution is 5.73. The van der Waals surface area contributed by atoms with Gasteiger partial charge in [0.05, 0.1) is 5.56 Å². The molecule has 2 bridgehead atoms. The van der Waals surface area contributed by atoms with E-state index in [2.05, 4.69) is 17.9 Å². The Morgan fingerprint density at radius 3 is 2.42 bits per heavy atom. The second kappa shape index (κ2) is 4.37. The first-order valence-corrected chi connectivity index (χ1v) is 6.62. The van der Waals surface area contributed by atoms with Gasteiger partial charge in [-0.15, -0.1) is 0 Å². The molecule has 1 aliphatic carbocycles. The first kappa shape index (κ1) is 12.7. The van der Waals surface area contributed by atoms with Crippen molar-refractivity contribution in [2.75, 3.05) is 13.1 Å². The molecule has 0 saturated carbocycles. The summed E-state index contributed by atoms with van der Waals surface area (Å²) in [6.07, 6.45) is -0.902. The summed E-state index contributed by atoms with van der Waals surface area (Å²) in [5, 5.41) is 0. The molecule has 4 heteroatoms. The molecule has 2 unspecified atom stereocenters. The van der Waals surface area contributed by atoms with Crippen molar-refractivity contribution in [2.45, 2.75) is 25.6 Å². The molecule has 2 aliphatic rings. The number of benzene rings is 1. The fraction of sp³-hybridized carbons (Fsp3) is 0.467. The maximum atomic E-state index is 12.5. The number of halogens is 3. The summed E-state index contributed by atoms with van der Waals surface area (Å²) in [5.41, 5.74) is 1.55. The number of likely N-dealkylation sites (tertiary alicyclic amines) is 1. The quantitative estimate of drug-likeness (QED) is 0.787. The molecule has 1 saturated heterocycles. The minimum atomic E-state index is -4.25. The van der Waals surface area contributed by atoms with Crippen LogP contribution in [0.3, 0.4) is 0 Å². The molecular weight excluding hydrogens is 251 g/mol. The van der Waals surface area contributed by atoms with Crippen LogP contribution in [0, 0.1) is 5.92 Å². The Morgan fingerprint density at radius 2 is 1.89 bits per heavy atom. The third-order valence-electron chi connectivity index (χ3n) is 4.16. The van der Waals surface area contributed by atoms with E-state index in [-0.39, 0.29) is 0 Å². The van der Waals surface area contributed by atoms with Gasteiger partial charge in [0.15, 0.2) is 0 Å². The summed E-state index contributed by atoms with van der Waals surface area (Å²) >= 11 is 0. The summed E-state index contributed by atoms with van der Waals surface area (Å²) in [5.74, 6) is 0.572. The number of hydrogen-bond donors (Lipinski definition) is 0. The third-order valence-corrected chi connectivity index (χ3v) is 4.16. The maximum Gasteiger partial charge on any atom is 0.416 e. The molecule has 1 fully saturated rings. The standard InChI is InChI=1S/C15H16F3N/c1-2-19-9-10-7-13(14(19)8-10)11-3-5-12(6-4-11)15(16,17)18/h3-7,10,14H,2,8-9H2,1H3. The zero-order valence-corrected chi connectivity index (χ0v) is 10.7. The molecule has 2 atom stereocenters. The fourth-order valence-corrected chi connectivity index (χ4v) is 3.24. The van der Waals surface area contributed by atoms with Crippen LogP contribution in [0.25, 0.3) is 5.57 Å². The van der Waals surface area contributed by atoms with Crippen LogP contribution in [0.4, 0.5) is 13.2 Å². The van der Waals surface area contributed by atoms with Crippen LogP contribution in [0.15, 0.2) is 30.3 Å². The van der Waals surface area contributed by atoms with Gasteiger partial charge in [-0.1, -0.05) is 25.1 Å². The zero-order chi connectivity index (χ0) is 13.6. The first-order valence-electron chi connectivity index (χ1n) is 6.62. The number of rotatable bonds is 2. The Morgan fingerprint density at radius 1 is 1.21 bits per heavy atom. The lowest BCUT2D eigenvalue weighted by molar-refractivity contribution is -0.137. The average molecular weight is 267 g/mol. The van der Waals surface area contributed by atoms with E-state index in [0.717, 1.165) is 25.1 Å². The van der Waals surface area contributed by atoms with E-state index in [1.807, 2.05) is 0 Å². The minimum absolute atomic E-state index is 0.395. The Balaban J connectivity index is 1.86. The summed E-state index contributed by atoms with van der Waals surface area (Å²) in [6.45, 7) is 4.22. The second-order valence-corrected chi connectivity index (χ2v) is 5.30. The van der Waals surface area contributed by atoms with Crippen molar-refractivity contribution < 1.29 is 13.2 Å². The van der Waals surface area contributed by atoms with Gasteiger partial charge in [0, 0.05) is 12.6 Å². The lowest BCUT2D eigenvalue weighted by Gasteiger charge is -2.27. The summed E-state index contributed by atoms with van der Waals surface area (Å²) in [4.78, 5) is 2.40. The van der Waals surface area contributed by atoms with Crippen molar-refractivity contribution in [1.29, 1.82) is 0 Å². The van der Waals surface area contributed by atoms with Gasteiger partial charge >= 0.3 is 6.18 Å². The van der Waals surface area contributed by atoms with E-state index >= 15 is 0 Å². The zero-order valence-electron chi connectivity index (χ0n) is 10.7. The van der Waals surface area contributed by atoms with E-state index in [4.69, 9.17) is 0 Å². The average Bonchev–Trinajstić information content (AvgIpc) is 2.97. The van der Waals surface area contributed by atoms with Gasteiger partial charge in [-0.25, -0.2) is 0 Å². The molecule has 1 nitrogen and oxygen atoms in total. The topological polar surface area (TPSA) is 3.24 Å².